The van der Waals surface area contributed by atoms with E-state index in [4.69, 9.17) is 16.3 Å². The van der Waals surface area contributed by atoms with Crippen molar-refractivity contribution in [1.82, 2.24) is 0 Å². The van der Waals surface area contributed by atoms with Crippen LogP contribution in [0.2, 0.25) is 0 Å². The second-order valence-electron chi connectivity index (χ2n) is 1.49. The smallest absolute Gasteiger partial charge is 0.0941 e. The topological polar surface area (TPSA) is 9.23 Å². The first-order valence-electron chi connectivity index (χ1n) is 2.78. The zero-order chi connectivity index (χ0) is 6.24. The van der Waals surface area contributed by atoms with Crippen molar-refractivity contribution in [2.24, 2.45) is 0 Å². The highest BCUT2D eigenvalue weighted by Crippen LogP contribution is 1.88. The van der Waals surface area contributed by atoms with E-state index in [2.05, 4.69) is 6.92 Å². The van der Waals surface area contributed by atoms with Crippen molar-refractivity contribution in [2.75, 3.05) is 6.61 Å². The molecular formula is C6H11ClO. The third-order valence-electron chi connectivity index (χ3n) is 0.763. The van der Waals surface area contributed by atoms with Gasteiger partial charge >= 0.3 is 0 Å². The van der Waals surface area contributed by atoms with Gasteiger partial charge in [0, 0.05) is 5.54 Å². The Kier molecular flexibility index (Phi) is 6.68. The summed E-state index contributed by atoms with van der Waals surface area (Å²) < 4.78 is 4.91. The number of ether oxygens (including phenoxy) is 1. The van der Waals surface area contributed by atoms with Crippen molar-refractivity contribution in [3.05, 3.63) is 11.8 Å². The molecule has 0 aromatic rings. The van der Waals surface area contributed by atoms with E-state index in [1.54, 1.807) is 0 Å². The molecule has 2 heteroatoms. The van der Waals surface area contributed by atoms with Gasteiger partial charge in [-0.05, 0) is 6.42 Å². The summed E-state index contributed by atoms with van der Waals surface area (Å²) in [5.74, 6) is 0. The van der Waals surface area contributed by atoms with Gasteiger partial charge in [0.15, 0.2) is 0 Å². The predicted molar refractivity (Wildman–Crippen MR) is 35.9 cm³/mol. The molecule has 0 bridgehead atoms. The van der Waals surface area contributed by atoms with Gasteiger partial charge in [0.2, 0.25) is 0 Å². The Balaban J connectivity index is 2.72. The highest BCUT2D eigenvalue weighted by atomic mass is 35.5. The van der Waals surface area contributed by atoms with E-state index in [9.17, 15) is 0 Å². The van der Waals surface area contributed by atoms with Crippen molar-refractivity contribution in [3.8, 4) is 0 Å². The molecule has 0 aliphatic heterocycles. The quantitative estimate of drug-likeness (QED) is 0.424. The Morgan fingerprint density at radius 2 is 2.38 bits per heavy atom. The normalized spacial score (nSPS) is 10.2. The lowest BCUT2D eigenvalue weighted by Gasteiger charge is -1.94. The molecule has 0 aliphatic carbocycles. The molecule has 0 radical (unpaired) electrons. The minimum Gasteiger partial charge on any atom is -0.500 e. The number of hydrogen-bond acceptors (Lipinski definition) is 1. The third kappa shape index (κ3) is 5.83. The summed E-state index contributed by atoms with van der Waals surface area (Å²) in [5.41, 5.74) is 1.37. The molecule has 0 aromatic heterocycles. The zero-order valence-corrected chi connectivity index (χ0v) is 5.82. The average Bonchev–Trinajstić information content (AvgIpc) is 1.81. The number of hydrogen-bond donors (Lipinski definition) is 0. The van der Waals surface area contributed by atoms with Crippen LogP contribution in [0.4, 0.5) is 0 Å². The second kappa shape index (κ2) is 6.83. The summed E-state index contributed by atoms with van der Waals surface area (Å²) in [7, 11) is 0. The molecule has 0 rings (SSSR count). The first-order valence-corrected chi connectivity index (χ1v) is 3.22. The van der Waals surface area contributed by atoms with Crippen LogP contribution in [-0.4, -0.2) is 6.61 Å². The molecule has 0 fully saturated rings. The minimum atomic E-state index is 0.778. The lowest BCUT2D eigenvalue weighted by molar-refractivity contribution is 0.244. The van der Waals surface area contributed by atoms with E-state index in [1.165, 1.54) is 11.8 Å². The van der Waals surface area contributed by atoms with Crippen molar-refractivity contribution < 1.29 is 4.74 Å². The SMILES string of the molecule is CCCCO/C=C\Cl. The van der Waals surface area contributed by atoms with E-state index >= 15 is 0 Å². The van der Waals surface area contributed by atoms with Gasteiger partial charge in [0.25, 0.3) is 0 Å². The Morgan fingerprint density at radius 3 is 2.88 bits per heavy atom. The van der Waals surface area contributed by atoms with Gasteiger partial charge in [-0.25, -0.2) is 0 Å². The molecule has 0 amide bonds. The lowest BCUT2D eigenvalue weighted by Crippen LogP contribution is -1.83. The largest absolute Gasteiger partial charge is 0.500 e. The van der Waals surface area contributed by atoms with Crippen molar-refractivity contribution in [3.63, 3.8) is 0 Å². The molecule has 0 aromatic carbocycles. The highest BCUT2D eigenvalue weighted by molar-refractivity contribution is 6.25. The van der Waals surface area contributed by atoms with Crippen LogP contribution < -0.4 is 0 Å². The summed E-state index contributed by atoms with van der Waals surface area (Å²) in [6, 6.07) is 0. The van der Waals surface area contributed by atoms with Gasteiger partial charge in [0.05, 0.1) is 12.9 Å². The Bertz CT molecular complexity index is 61.5. The van der Waals surface area contributed by atoms with E-state index < -0.39 is 0 Å². The van der Waals surface area contributed by atoms with E-state index in [0.29, 0.717) is 0 Å². The van der Waals surface area contributed by atoms with Crippen LogP contribution in [0, 0.1) is 0 Å². The van der Waals surface area contributed by atoms with Crippen LogP contribution in [-0.2, 0) is 4.74 Å². The summed E-state index contributed by atoms with van der Waals surface area (Å²) in [6.45, 7) is 2.90. The highest BCUT2D eigenvalue weighted by Gasteiger charge is 1.77. The molecule has 0 spiro atoms. The first-order chi connectivity index (χ1) is 3.91. The maximum atomic E-state index is 5.17. The molecule has 0 heterocycles. The second-order valence-corrected chi connectivity index (χ2v) is 1.74. The van der Waals surface area contributed by atoms with Crippen LogP contribution in [0.5, 0.6) is 0 Å². The molecule has 0 saturated heterocycles. The van der Waals surface area contributed by atoms with Crippen molar-refractivity contribution >= 4 is 11.6 Å². The number of rotatable bonds is 4. The predicted octanol–water partition coefficient (Wildman–Crippen LogP) is 2.51. The molecule has 1 nitrogen and oxygen atoms in total. The van der Waals surface area contributed by atoms with E-state index in [-0.39, 0.29) is 0 Å². The maximum Gasteiger partial charge on any atom is 0.0941 e. The molecule has 0 aliphatic rings. The number of unbranched alkanes of at least 4 members (excludes halogenated alkanes) is 1. The lowest BCUT2D eigenvalue weighted by atomic mass is 10.4. The fraction of sp³-hybridized carbons (Fsp3) is 0.667. The average molecular weight is 135 g/mol. The Hall–Kier alpha value is -0.170. The van der Waals surface area contributed by atoms with Crippen LogP contribution >= 0.6 is 11.6 Å². The molecule has 0 unspecified atom stereocenters. The summed E-state index contributed by atoms with van der Waals surface area (Å²) in [4.78, 5) is 0. The fourth-order valence-electron chi connectivity index (χ4n) is 0.332. The van der Waals surface area contributed by atoms with Gasteiger partial charge in [0.1, 0.15) is 0 Å². The molecule has 0 N–H and O–H groups in total. The molecule has 48 valence electrons. The van der Waals surface area contributed by atoms with Crippen molar-refractivity contribution in [1.29, 1.82) is 0 Å². The van der Waals surface area contributed by atoms with E-state index in [0.717, 1.165) is 19.4 Å². The Morgan fingerprint density at radius 1 is 1.62 bits per heavy atom. The molecule has 0 atom stereocenters. The van der Waals surface area contributed by atoms with Gasteiger partial charge in [-0.15, -0.1) is 0 Å². The molecular weight excluding hydrogens is 124 g/mol. The van der Waals surface area contributed by atoms with Gasteiger partial charge < -0.3 is 4.74 Å². The Labute approximate surface area is 55.3 Å². The summed E-state index contributed by atoms with van der Waals surface area (Å²) in [5, 5.41) is 0. The van der Waals surface area contributed by atoms with Gasteiger partial charge in [-0.1, -0.05) is 24.9 Å². The molecule has 0 saturated carbocycles. The monoisotopic (exact) mass is 134 g/mol. The van der Waals surface area contributed by atoms with Crippen LogP contribution in [0.1, 0.15) is 19.8 Å². The van der Waals surface area contributed by atoms with E-state index in [1.807, 2.05) is 0 Å². The van der Waals surface area contributed by atoms with Gasteiger partial charge in [-0.2, -0.15) is 0 Å². The first kappa shape index (κ1) is 7.83. The number of halogens is 1. The maximum absolute atomic E-state index is 5.17. The van der Waals surface area contributed by atoms with Crippen LogP contribution in [0.15, 0.2) is 11.8 Å². The van der Waals surface area contributed by atoms with Gasteiger partial charge in [-0.3, -0.25) is 0 Å². The molecule has 8 heavy (non-hydrogen) atoms. The van der Waals surface area contributed by atoms with Crippen LogP contribution in [0.25, 0.3) is 0 Å². The third-order valence-corrected chi connectivity index (χ3v) is 0.866. The standard InChI is InChI=1S/C6H11ClO/c1-2-3-5-8-6-4-7/h4,6H,2-3,5H2,1H3/b6-4-. The van der Waals surface area contributed by atoms with Crippen LogP contribution in [0.3, 0.4) is 0 Å². The minimum absolute atomic E-state index is 0.778. The summed E-state index contributed by atoms with van der Waals surface area (Å²) in [6.07, 6.45) is 3.76. The van der Waals surface area contributed by atoms with Crippen molar-refractivity contribution in [2.45, 2.75) is 19.8 Å². The summed E-state index contributed by atoms with van der Waals surface area (Å²) >= 11 is 5.17. The fourth-order valence-corrected chi connectivity index (χ4v) is 0.405. The zero-order valence-electron chi connectivity index (χ0n) is 5.06.